The molecule has 0 radical (unpaired) electrons. The monoisotopic (exact) mass is 192 g/mol. The Balaban J connectivity index is 2.58. The van der Waals surface area contributed by atoms with Crippen LogP contribution in [0.3, 0.4) is 0 Å². The van der Waals surface area contributed by atoms with Crippen LogP contribution in [0, 0.1) is 0 Å². The summed E-state index contributed by atoms with van der Waals surface area (Å²) in [6, 6.07) is 0.327. The molecule has 1 saturated heterocycles. The van der Waals surface area contributed by atoms with Gasteiger partial charge in [0.25, 0.3) is 0 Å². The second-order valence-corrected chi connectivity index (χ2v) is 5.16. The fraction of sp³-hybridized carbons (Fsp3) is 1.00. The molecule has 0 spiro atoms. The molecule has 1 aliphatic rings. The number of nitrogens with one attached hydrogen (secondary N) is 1. The summed E-state index contributed by atoms with van der Waals surface area (Å²) in [6.07, 6.45) is 2.25. The van der Waals surface area contributed by atoms with Crippen molar-refractivity contribution in [3.63, 3.8) is 0 Å². The first kappa shape index (κ1) is 9.95. The normalized spacial score (nSPS) is 27.3. The summed E-state index contributed by atoms with van der Waals surface area (Å²) < 4.78 is 23.8. The number of piperazine rings is 1. The fourth-order valence-electron chi connectivity index (χ4n) is 1.37. The molecule has 4 nitrogen and oxygen atoms in total. The molecule has 1 heterocycles. The predicted octanol–water partition coefficient (Wildman–Crippen LogP) is -0.370. The molecule has 1 atom stereocenters. The number of nitrogens with zero attached hydrogens (tertiary/aromatic N) is 1. The Morgan fingerprint density at radius 2 is 2.25 bits per heavy atom. The summed E-state index contributed by atoms with van der Waals surface area (Å²) in [5.41, 5.74) is 0. The minimum absolute atomic E-state index is 0.327. The lowest BCUT2D eigenvalue weighted by Gasteiger charge is -2.31. The molecule has 1 rings (SSSR count). The Hall–Kier alpha value is -0.130. The van der Waals surface area contributed by atoms with Gasteiger partial charge in [-0.15, -0.1) is 0 Å². The van der Waals surface area contributed by atoms with Crippen LogP contribution < -0.4 is 5.32 Å². The lowest BCUT2D eigenvalue weighted by atomic mass is 10.2. The first-order chi connectivity index (χ1) is 5.54. The van der Waals surface area contributed by atoms with Crippen molar-refractivity contribution in [3.05, 3.63) is 0 Å². The van der Waals surface area contributed by atoms with E-state index in [0.29, 0.717) is 19.1 Å². The van der Waals surface area contributed by atoms with E-state index in [2.05, 4.69) is 12.2 Å². The van der Waals surface area contributed by atoms with Crippen LogP contribution in [0.15, 0.2) is 0 Å². The summed E-state index contributed by atoms with van der Waals surface area (Å²) >= 11 is 0. The zero-order chi connectivity index (χ0) is 9.19. The number of hydrogen-bond donors (Lipinski definition) is 1. The Kier molecular flexibility index (Phi) is 3.09. The van der Waals surface area contributed by atoms with E-state index in [0.717, 1.165) is 13.0 Å². The highest BCUT2D eigenvalue weighted by molar-refractivity contribution is 7.88. The van der Waals surface area contributed by atoms with Gasteiger partial charge in [-0.05, 0) is 6.42 Å². The van der Waals surface area contributed by atoms with Crippen molar-refractivity contribution in [2.45, 2.75) is 19.4 Å². The number of sulfonamides is 1. The van der Waals surface area contributed by atoms with Crippen molar-refractivity contribution in [2.24, 2.45) is 0 Å². The average Bonchev–Trinajstić information content (AvgIpc) is 2.03. The number of hydrogen-bond acceptors (Lipinski definition) is 3. The van der Waals surface area contributed by atoms with Gasteiger partial charge in [-0.3, -0.25) is 0 Å². The molecule has 0 aromatic heterocycles. The molecule has 5 heteroatoms. The van der Waals surface area contributed by atoms with Crippen molar-refractivity contribution in [1.29, 1.82) is 0 Å². The molecule has 0 bridgehead atoms. The molecule has 0 saturated carbocycles. The maximum atomic E-state index is 11.1. The molecular formula is C7H16N2O2S. The van der Waals surface area contributed by atoms with Crippen molar-refractivity contribution < 1.29 is 8.42 Å². The van der Waals surface area contributed by atoms with E-state index in [4.69, 9.17) is 0 Å². The van der Waals surface area contributed by atoms with Crippen LogP contribution in [-0.4, -0.2) is 44.7 Å². The number of rotatable bonds is 2. The largest absolute Gasteiger partial charge is 0.311 e. The summed E-state index contributed by atoms with van der Waals surface area (Å²) in [6.45, 7) is 4.06. The molecule has 0 aromatic rings. The molecule has 0 aromatic carbocycles. The highest BCUT2D eigenvalue weighted by Gasteiger charge is 2.23. The third kappa shape index (κ3) is 2.43. The van der Waals surface area contributed by atoms with E-state index in [-0.39, 0.29) is 0 Å². The summed E-state index contributed by atoms with van der Waals surface area (Å²) in [5, 5.41) is 3.26. The smallest absolute Gasteiger partial charge is 0.211 e. The Labute approximate surface area is 74.0 Å². The van der Waals surface area contributed by atoms with Gasteiger partial charge in [-0.1, -0.05) is 6.92 Å². The van der Waals surface area contributed by atoms with Crippen LogP contribution in [0.2, 0.25) is 0 Å². The fourth-order valence-corrected chi connectivity index (χ4v) is 2.24. The van der Waals surface area contributed by atoms with Crippen molar-refractivity contribution in [2.75, 3.05) is 25.9 Å². The SMILES string of the molecule is CC[C@@H]1CN(S(C)(=O)=O)CCN1. The highest BCUT2D eigenvalue weighted by atomic mass is 32.2. The lowest BCUT2D eigenvalue weighted by molar-refractivity contribution is 0.295. The molecule has 0 unspecified atom stereocenters. The van der Waals surface area contributed by atoms with Gasteiger partial charge in [0, 0.05) is 25.7 Å². The predicted molar refractivity (Wildman–Crippen MR) is 48.5 cm³/mol. The van der Waals surface area contributed by atoms with Crippen molar-refractivity contribution in [1.82, 2.24) is 9.62 Å². The van der Waals surface area contributed by atoms with Crippen molar-refractivity contribution in [3.8, 4) is 0 Å². The Morgan fingerprint density at radius 3 is 2.75 bits per heavy atom. The van der Waals surface area contributed by atoms with Gasteiger partial charge < -0.3 is 5.32 Å². The lowest BCUT2D eigenvalue weighted by Crippen LogP contribution is -2.51. The van der Waals surface area contributed by atoms with Crippen LogP contribution in [0.5, 0.6) is 0 Å². The molecule has 1 N–H and O–H groups in total. The topological polar surface area (TPSA) is 49.4 Å². The molecule has 72 valence electrons. The molecule has 1 aliphatic heterocycles. The molecule has 0 amide bonds. The zero-order valence-corrected chi connectivity index (χ0v) is 8.39. The van der Waals surface area contributed by atoms with E-state index in [1.165, 1.54) is 10.6 Å². The maximum Gasteiger partial charge on any atom is 0.211 e. The van der Waals surface area contributed by atoms with E-state index < -0.39 is 10.0 Å². The maximum absolute atomic E-state index is 11.1. The standard InChI is InChI=1S/C7H16N2O2S/c1-3-7-6-9(5-4-8-7)12(2,10)11/h7-8H,3-6H2,1-2H3/t7-/m1/s1. The average molecular weight is 192 g/mol. The third-order valence-corrected chi connectivity index (χ3v) is 3.45. The first-order valence-electron chi connectivity index (χ1n) is 4.22. The van der Waals surface area contributed by atoms with Crippen LogP contribution in [0.4, 0.5) is 0 Å². The van der Waals surface area contributed by atoms with Crippen molar-refractivity contribution >= 4 is 10.0 Å². The van der Waals surface area contributed by atoms with Crippen LogP contribution in [0.25, 0.3) is 0 Å². The van der Waals surface area contributed by atoms with Crippen LogP contribution in [-0.2, 0) is 10.0 Å². The van der Waals surface area contributed by atoms with E-state index >= 15 is 0 Å². The van der Waals surface area contributed by atoms with E-state index in [1.807, 2.05) is 0 Å². The van der Waals surface area contributed by atoms with Gasteiger partial charge in [-0.25, -0.2) is 8.42 Å². The van der Waals surface area contributed by atoms with Gasteiger partial charge in [0.05, 0.1) is 6.26 Å². The molecule has 12 heavy (non-hydrogen) atoms. The minimum Gasteiger partial charge on any atom is -0.311 e. The van der Waals surface area contributed by atoms with Gasteiger partial charge in [0.15, 0.2) is 0 Å². The summed E-state index contributed by atoms with van der Waals surface area (Å²) in [7, 11) is -2.98. The van der Waals surface area contributed by atoms with E-state index in [9.17, 15) is 8.42 Å². The molecular weight excluding hydrogens is 176 g/mol. The third-order valence-electron chi connectivity index (χ3n) is 2.18. The van der Waals surface area contributed by atoms with Crippen LogP contribution >= 0.6 is 0 Å². The minimum atomic E-state index is -2.98. The first-order valence-corrected chi connectivity index (χ1v) is 6.07. The Morgan fingerprint density at radius 1 is 1.58 bits per heavy atom. The second-order valence-electron chi connectivity index (χ2n) is 3.18. The Bertz CT molecular complexity index is 238. The second kappa shape index (κ2) is 3.72. The molecule has 0 aliphatic carbocycles. The molecule has 1 fully saturated rings. The van der Waals surface area contributed by atoms with Gasteiger partial charge >= 0.3 is 0 Å². The quantitative estimate of drug-likeness (QED) is 0.649. The summed E-state index contributed by atoms with van der Waals surface area (Å²) in [4.78, 5) is 0. The zero-order valence-electron chi connectivity index (χ0n) is 7.58. The van der Waals surface area contributed by atoms with Crippen LogP contribution in [0.1, 0.15) is 13.3 Å². The van der Waals surface area contributed by atoms with Gasteiger partial charge in [0.2, 0.25) is 10.0 Å². The highest BCUT2D eigenvalue weighted by Crippen LogP contribution is 2.05. The van der Waals surface area contributed by atoms with Gasteiger partial charge in [-0.2, -0.15) is 4.31 Å². The summed E-state index contributed by atoms with van der Waals surface area (Å²) in [5.74, 6) is 0. The van der Waals surface area contributed by atoms with E-state index in [1.54, 1.807) is 0 Å². The van der Waals surface area contributed by atoms with Gasteiger partial charge in [0.1, 0.15) is 0 Å².